The molecule has 0 aliphatic carbocycles. The maximum Gasteiger partial charge on any atom is 0.120 e. The van der Waals surface area contributed by atoms with Gasteiger partial charge in [-0.2, -0.15) is 0 Å². The predicted octanol–water partition coefficient (Wildman–Crippen LogP) is 5.06. The van der Waals surface area contributed by atoms with Crippen molar-refractivity contribution < 1.29 is 4.74 Å². The third-order valence-electron chi connectivity index (χ3n) is 2.75. The van der Waals surface area contributed by atoms with Crippen LogP contribution in [-0.2, 0) is 0 Å². The van der Waals surface area contributed by atoms with Crippen LogP contribution in [0.2, 0.25) is 5.02 Å². The van der Waals surface area contributed by atoms with Gasteiger partial charge in [-0.05, 0) is 30.0 Å². The number of benzene rings is 1. The largest absolute Gasteiger partial charge is 0.497 e. The van der Waals surface area contributed by atoms with E-state index < -0.39 is 0 Å². The molecular formula is C13H18Cl2O. The van der Waals surface area contributed by atoms with Gasteiger partial charge in [-0.15, -0.1) is 11.6 Å². The first kappa shape index (κ1) is 13.7. The van der Waals surface area contributed by atoms with Crippen molar-refractivity contribution in [3.05, 3.63) is 28.8 Å². The quantitative estimate of drug-likeness (QED) is 0.673. The van der Waals surface area contributed by atoms with Gasteiger partial charge in [-0.25, -0.2) is 0 Å². The molecule has 0 radical (unpaired) electrons. The van der Waals surface area contributed by atoms with Crippen molar-refractivity contribution in [2.45, 2.75) is 32.1 Å². The maximum atomic E-state index is 6.41. The standard InChI is InChI=1S/C13H18Cl2O/c1-4-5-9(2)13(15)11-7-6-10(16-3)8-12(11)14/h6-9,13H,4-5H2,1-3H3. The normalized spacial score (nSPS) is 14.6. The van der Waals surface area contributed by atoms with E-state index in [0.717, 1.165) is 24.2 Å². The highest BCUT2D eigenvalue weighted by molar-refractivity contribution is 6.33. The Hall–Kier alpha value is -0.400. The van der Waals surface area contributed by atoms with Crippen LogP contribution in [0.3, 0.4) is 0 Å². The number of ether oxygens (including phenoxy) is 1. The van der Waals surface area contributed by atoms with Gasteiger partial charge in [-0.1, -0.05) is 37.9 Å². The van der Waals surface area contributed by atoms with Crippen molar-refractivity contribution in [2.24, 2.45) is 5.92 Å². The van der Waals surface area contributed by atoms with Crippen LogP contribution >= 0.6 is 23.2 Å². The summed E-state index contributed by atoms with van der Waals surface area (Å²) in [5.41, 5.74) is 0.991. The summed E-state index contributed by atoms with van der Waals surface area (Å²) in [5, 5.41) is 0.653. The molecule has 2 unspecified atom stereocenters. The van der Waals surface area contributed by atoms with E-state index in [1.54, 1.807) is 7.11 Å². The van der Waals surface area contributed by atoms with E-state index in [4.69, 9.17) is 27.9 Å². The van der Waals surface area contributed by atoms with Crippen LogP contribution in [0, 0.1) is 5.92 Å². The topological polar surface area (TPSA) is 9.23 Å². The minimum absolute atomic E-state index is 0.0293. The molecule has 0 heterocycles. The summed E-state index contributed by atoms with van der Waals surface area (Å²) < 4.78 is 5.11. The van der Waals surface area contributed by atoms with E-state index >= 15 is 0 Å². The van der Waals surface area contributed by atoms with Crippen molar-refractivity contribution >= 4 is 23.2 Å². The zero-order chi connectivity index (χ0) is 12.1. The van der Waals surface area contributed by atoms with E-state index in [-0.39, 0.29) is 5.38 Å². The molecule has 0 aliphatic heterocycles. The van der Waals surface area contributed by atoms with Crippen molar-refractivity contribution in [3.63, 3.8) is 0 Å². The number of methoxy groups -OCH3 is 1. The molecule has 1 rings (SSSR count). The highest BCUT2D eigenvalue weighted by Gasteiger charge is 2.18. The van der Waals surface area contributed by atoms with Gasteiger partial charge in [-0.3, -0.25) is 0 Å². The van der Waals surface area contributed by atoms with E-state index in [9.17, 15) is 0 Å². The van der Waals surface area contributed by atoms with Crippen LogP contribution in [0.1, 0.15) is 37.6 Å². The molecule has 1 aromatic carbocycles. The Balaban J connectivity index is 2.87. The second-order valence-corrected chi connectivity index (χ2v) is 4.93. The number of hydrogen-bond donors (Lipinski definition) is 0. The number of rotatable bonds is 5. The molecule has 0 saturated heterocycles. The third-order valence-corrected chi connectivity index (χ3v) is 3.74. The van der Waals surface area contributed by atoms with E-state index in [1.165, 1.54) is 0 Å². The van der Waals surface area contributed by atoms with Gasteiger partial charge in [0.1, 0.15) is 5.75 Å². The molecule has 3 heteroatoms. The van der Waals surface area contributed by atoms with Crippen molar-refractivity contribution in [1.29, 1.82) is 0 Å². The highest BCUT2D eigenvalue weighted by atomic mass is 35.5. The van der Waals surface area contributed by atoms with Gasteiger partial charge in [0.2, 0.25) is 0 Å². The zero-order valence-corrected chi connectivity index (χ0v) is 11.5. The maximum absolute atomic E-state index is 6.41. The first-order valence-electron chi connectivity index (χ1n) is 5.57. The summed E-state index contributed by atoms with van der Waals surface area (Å²) >= 11 is 12.6. The smallest absolute Gasteiger partial charge is 0.120 e. The molecule has 0 saturated carbocycles. The first-order chi connectivity index (χ1) is 7.60. The number of alkyl halides is 1. The average Bonchev–Trinajstić information content (AvgIpc) is 2.28. The molecular weight excluding hydrogens is 243 g/mol. The molecule has 0 aliphatic rings. The lowest BCUT2D eigenvalue weighted by Crippen LogP contribution is -2.04. The Kier molecular flexibility index (Phi) is 5.43. The van der Waals surface area contributed by atoms with Crippen LogP contribution < -0.4 is 4.74 Å². The highest BCUT2D eigenvalue weighted by Crippen LogP contribution is 2.37. The van der Waals surface area contributed by atoms with Crippen LogP contribution in [0.5, 0.6) is 5.75 Å². The lowest BCUT2D eigenvalue weighted by atomic mass is 9.96. The minimum atomic E-state index is -0.0293. The van der Waals surface area contributed by atoms with Crippen LogP contribution in [0.25, 0.3) is 0 Å². The molecule has 90 valence electrons. The van der Waals surface area contributed by atoms with Gasteiger partial charge in [0.05, 0.1) is 12.5 Å². The van der Waals surface area contributed by atoms with Gasteiger partial charge >= 0.3 is 0 Å². The fourth-order valence-corrected chi connectivity index (χ4v) is 2.43. The number of hydrogen-bond acceptors (Lipinski definition) is 1. The second kappa shape index (κ2) is 6.36. The van der Waals surface area contributed by atoms with E-state index in [0.29, 0.717) is 10.9 Å². The van der Waals surface area contributed by atoms with Gasteiger partial charge < -0.3 is 4.74 Å². The summed E-state index contributed by atoms with van der Waals surface area (Å²) in [7, 11) is 1.63. The summed E-state index contributed by atoms with van der Waals surface area (Å²) in [6, 6.07) is 5.66. The van der Waals surface area contributed by atoms with Crippen LogP contribution in [0.15, 0.2) is 18.2 Å². The number of halogens is 2. The van der Waals surface area contributed by atoms with Gasteiger partial charge in [0, 0.05) is 5.02 Å². The van der Waals surface area contributed by atoms with E-state index in [2.05, 4.69) is 13.8 Å². The van der Waals surface area contributed by atoms with E-state index in [1.807, 2.05) is 18.2 Å². The average molecular weight is 261 g/mol. The Morgan fingerprint density at radius 2 is 2.06 bits per heavy atom. The molecule has 16 heavy (non-hydrogen) atoms. The Morgan fingerprint density at radius 1 is 1.38 bits per heavy atom. The molecule has 0 fully saturated rings. The minimum Gasteiger partial charge on any atom is -0.497 e. The Labute approximate surface area is 108 Å². The molecule has 0 amide bonds. The fourth-order valence-electron chi connectivity index (χ4n) is 1.77. The molecule has 0 aromatic heterocycles. The molecule has 2 atom stereocenters. The SMILES string of the molecule is CCCC(C)C(Cl)c1ccc(OC)cc1Cl. The first-order valence-corrected chi connectivity index (χ1v) is 6.39. The third kappa shape index (κ3) is 3.29. The van der Waals surface area contributed by atoms with Crippen molar-refractivity contribution in [3.8, 4) is 5.75 Å². The van der Waals surface area contributed by atoms with Crippen molar-refractivity contribution in [1.82, 2.24) is 0 Å². The zero-order valence-electron chi connectivity index (χ0n) is 9.97. The molecule has 1 aromatic rings. The van der Waals surface area contributed by atoms with Gasteiger partial charge in [0.25, 0.3) is 0 Å². The van der Waals surface area contributed by atoms with Crippen LogP contribution in [-0.4, -0.2) is 7.11 Å². The predicted molar refractivity (Wildman–Crippen MR) is 70.7 cm³/mol. The summed E-state index contributed by atoms with van der Waals surface area (Å²) in [5.74, 6) is 1.19. The summed E-state index contributed by atoms with van der Waals surface area (Å²) in [6.07, 6.45) is 2.24. The Morgan fingerprint density at radius 3 is 2.56 bits per heavy atom. The molecule has 0 spiro atoms. The fraction of sp³-hybridized carbons (Fsp3) is 0.538. The molecule has 1 nitrogen and oxygen atoms in total. The Bertz CT molecular complexity index is 339. The summed E-state index contributed by atoms with van der Waals surface area (Å²) in [4.78, 5) is 0. The van der Waals surface area contributed by atoms with Crippen molar-refractivity contribution in [2.75, 3.05) is 7.11 Å². The lowest BCUT2D eigenvalue weighted by molar-refractivity contribution is 0.414. The second-order valence-electron chi connectivity index (χ2n) is 4.06. The van der Waals surface area contributed by atoms with Gasteiger partial charge in [0.15, 0.2) is 0 Å². The molecule has 0 bridgehead atoms. The molecule has 0 N–H and O–H groups in total. The summed E-state index contributed by atoms with van der Waals surface area (Å²) in [6.45, 7) is 4.32. The van der Waals surface area contributed by atoms with Crippen LogP contribution in [0.4, 0.5) is 0 Å². The monoisotopic (exact) mass is 260 g/mol. The lowest BCUT2D eigenvalue weighted by Gasteiger charge is -2.19.